The van der Waals surface area contributed by atoms with E-state index in [1.165, 1.54) is 12.1 Å². The van der Waals surface area contributed by atoms with Gasteiger partial charge in [-0.05, 0) is 38.1 Å². The lowest BCUT2D eigenvalue weighted by Crippen LogP contribution is -2.60. The van der Waals surface area contributed by atoms with Crippen molar-refractivity contribution in [2.75, 3.05) is 33.2 Å². The van der Waals surface area contributed by atoms with Crippen molar-refractivity contribution in [1.29, 1.82) is 0 Å². The van der Waals surface area contributed by atoms with Crippen LogP contribution in [0.4, 0.5) is 4.39 Å². The third-order valence-corrected chi connectivity index (χ3v) is 6.05. The molecule has 1 unspecified atom stereocenters. The fraction of sp³-hybridized carbons (Fsp3) is 0.500. The Balaban J connectivity index is 1.56. The number of fused-ring (bicyclic) bond motifs is 1. The molecule has 3 heterocycles. The van der Waals surface area contributed by atoms with Gasteiger partial charge in [0.25, 0.3) is 0 Å². The normalized spacial score (nSPS) is 24.9. The third kappa shape index (κ3) is 3.61. The van der Waals surface area contributed by atoms with Gasteiger partial charge in [0.1, 0.15) is 5.82 Å². The monoisotopic (exact) mass is 372 g/mol. The summed E-state index contributed by atoms with van der Waals surface area (Å²) in [6, 6.07) is 5.83. The van der Waals surface area contributed by atoms with Gasteiger partial charge in [-0.15, -0.1) is 0 Å². The van der Waals surface area contributed by atoms with Crippen LogP contribution in [0.3, 0.4) is 0 Å². The van der Waals surface area contributed by atoms with Crippen LogP contribution in [0, 0.1) is 5.82 Å². The zero-order chi connectivity index (χ0) is 19.0. The summed E-state index contributed by atoms with van der Waals surface area (Å²) in [6.45, 7) is 4.04. The molecule has 2 N–H and O–H groups in total. The second-order valence-corrected chi connectivity index (χ2v) is 7.81. The van der Waals surface area contributed by atoms with Gasteiger partial charge >= 0.3 is 0 Å². The minimum Gasteiger partial charge on any atom is -0.357 e. The van der Waals surface area contributed by atoms with E-state index in [2.05, 4.69) is 27.1 Å². The summed E-state index contributed by atoms with van der Waals surface area (Å²) < 4.78 is 13.4. The molecular weight excluding hydrogens is 347 g/mol. The second-order valence-electron chi connectivity index (χ2n) is 7.81. The molecule has 4 rings (SSSR count). The number of likely N-dealkylation sites (N-methyl/N-ethyl adjacent to an activating group) is 1. The van der Waals surface area contributed by atoms with Crippen LogP contribution in [-0.2, 0) is 11.3 Å². The van der Waals surface area contributed by atoms with Gasteiger partial charge in [-0.25, -0.2) is 4.39 Å². The summed E-state index contributed by atoms with van der Waals surface area (Å²) in [6.07, 6.45) is 2.33. The quantitative estimate of drug-likeness (QED) is 0.837. The maximum Gasteiger partial charge on any atom is 0.220 e. The van der Waals surface area contributed by atoms with E-state index in [1.54, 1.807) is 12.1 Å². The van der Waals surface area contributed by atoms with Gasteiger partial charge < -0.3 is 10.3 Å². The molecule has 2 aromatic rings. The molecule has 2 aliphatic heterocycles. The molecule has 1 amide bonds. The third-order valence-electron chi connectivity index (χ3n) is 6.05. The highest BCUT2D eigenvalue weighted by molar-refractivity contribution is 5.78. The van der Waals surface area contributed by atoms with E-state index in [0.717, 1.165) is 38.2 Å². The lowest BCUT2D eigenvalue weighted by Gasteiger charge is -2.49. The standard InChI is InChI=1S/C20H25FN4O2/c1-24-8-9-25(13-20(24)5-4-19(27)22-7-6-20)12-15-11-18(26)16-10-14(21)2-3-17(16)23-15/h2-3,10-11H,4-9,12-13H2,1H3,(H,22,27)(H,23,26). The van der Waals surface area contributed by atoms with Gasteiger partial charge in [0, 0.05) is 67.3 Å². The van der Waals surface area contributed by atoms with E-state index in [4.69, 9.17) is 0 Å². The van der Waals surface area contributed by atoms with Crippen molar-refractivity contribution < 1.29 is 9.18 Å². The largest absolute Gasteiger partial charge is 0.357 e. The van der Waals surface area contributed by atoms with Gasteiger partial charge in [0.2, 0.25) is 5.91 Å². The molecule has 2 aliphatic rings. The number of H-pyrrole nitrogens is 1. The molecule has 0 radical (unpaired) electrons. The van der Waals surface area contributed by atoms with Gasteiger partial charge in [-0.3, -0.25) is 19.4 Å². The topological polar surface area (TPSA) is 68.4 Å². The smallest absolute Gasteiger partial charge is 0.220 e. The number of piperazine rings is 1. The van der Waals surface area contributed by atoms with E-state index in [0.29, 0.717) is 30.4 Å². The summed E-state index contributed by atoms with van der Waals surface area (Å²) in [5.74, 6) is -0.276. The zero-order valence-electron chi connectivity index (χ0n) is 15.6. The predicted molar refractivity (Wildman–Crippen MR) is 102 cm³/mol. The first-order chi connectivity index (χ1) is 12.9. The first-order valence-electron chi connectivity index (χ1n) is 9.47. The van der Waals surface area contributed by atoms with Gasteiger partial charge in [-0.1, -0.05) is 0 Å². The molecule has 1 atom stereocenters. The van der Waals surface area contributed by atoms with E-state index in [9.17, 15) is 14.0 Å². The molecule has 6 nitrogen and oxygen atoms in total. The molecule has 0 saturated carbocycles. The summed E-state index contributed by atoms with van der Waals surface area (Å²) in [7, 11) is 2.14. The SMILES string of the molecule is CN1CCN(Cc2cc(=O)c3cc(F)ccc3[nH]2)CC12CCNC(=O)CC2. The number of benzene rings is 1. The highest BCUT2D eigenvalue weighted by Crippen LogP contribution is 2.30. The van der Waals surface area contributed by atoms with Crippen LogP contribution in [-0.4, -0.2) is 59.5 Å². The average Bonchev–Trinajstić information content (AvgIpc) is 2.81. The number of pyridine rings is 1. The van der Waals surface area contributed by atoms with E-state index >= 15 is 0 Å². The number of carbonyl (C=O) groups excluding carboxylic acids is 1. The van der Waals surface area contributed by atoms with Crippen LogP contribution in [0.25, 0.3) is 10.9 Å². The number of carbonyl (C=O) groups is 1. The van der Waals surface area contributed by atoms with Crippen LogP contribution in [0.5, 0.6) is 0 Å². The lowest BCUT2D eigenvalue weighted by molar-refractivity contribution is -0.121. The zero-order valence-corrected chi connectivity index (χ0v) is 15.6. The molecule has 0 bridgehead atoms. The van der Waals surface area contributed by atoms with Crippen molar-refractivity contribution in [1.82, 2.24) is 20.1 Å². The number of hydrogen-bond acceptors (Lipinski definition) is 4. The predicted octanol–water partition coefficient (Wildman–Crippen LogP) is 1.45. The fourth-order valence-electron chi connectivity index (χ4n) is 4.41. The Labute approximate surface area is 157 Å². The Hall–Kier alpha value is -2.25. The fourth-order valence-corrected chi connectivity index (χ4v) is 4.41. The summed E-state index contributed by atoms with van der Waals surface area (Å²) in [4.78, 5) is 32.1. The van der Waals surface area contributed by atoms with Crippen molar-refractivity contribution in [3.63, 3.8) is 0 Å². The summed E-state index contributed by atoms with van der Waals surface area (Å²) in [5, 5.41) is 3.35. The Morgan fingerprint density at radius 1 is 1.19 bits per heavy atom. The van der Waals surface area contributed by atoms with Crippen LogP contribution >= 0.6 is 0 Å². The summed E-state index contributed by atoms with van der Waals surface area (Å²) >= 11 is 0. The van der Waals surface area contributed by atoms with Gasteiger partial charge in [-0.2, -0.15) is 0 Å². The number of aromatic nitrogens is 1. The highest BCUT2D eigenvalue weighted by atomic mass is 19.1. The van der Waals surface area contributed by atoms with Crippen molar-refractivity contribution in [3.05, 3.63) is 46.0 Å². The van der Waals surface area contributed by atoms with Gasteiger partial charge in [0.15, 0.2) is 5.43 Å². The first-order valence-corrected chi connectivity index (χ1v) is 9.47. The van der Waals surface area contributed by atoms with Crippen molar-refractivity contribution in [2.24, 2.45) is 0 Å². The molecule has 1 spiro atoms. The second kappa shape index (κ2) is 7.05. The molecule has 0 aliphatic carbocycles. The van der Waals surface area contributed by atoms with Crippen LogP contribution in [0.2, 0.25) is 0 Å². The van der Waals surface area contributed by atoms with Crippen molar-refractivity contribution >= 4 is 16.8 Å². The molecule has 1 aromatic heterocycles. The number of aromatic amines is 1. The number of hydrogen-bond donors (Lipinski definition) is 2. The minimum atomic E-state index is -0.404. The Kier molecular flexibility index (Phi) is 4.74. The number of nitrogens with zero attached hydrogens (tertiary/aromatic N) is 2. The maximum absolute atomic E-state index is 13.4. The molecule has 1 aromatic carbocycles. The Morgan fingerprint density at radius 3 is 2.89 bits per heavy atom. The van der Waals surface area contributed by atoms with E-state index in [1.807, 2.05) is 0 Å². The number of halogens is 1. The molecule has 144 valence electrons. The van der Waals surface area contributed by atoms with Crippen LogP contribution in [0.15, 0.2) is 29.1 Å². The number of rotatable bonds is 2. The minimum absolute atomic E-state index is 0.0162. The molecule has 7 heteroatoms. The molecule has 2 fully saturated rings. The Morgan fingerprint density at radius 2 is 2.04 bits per heavy atom. The number of amides is 1. The average molecular weight is 372 g/mol. The lowest BCUT2D eigenvalue weighted by atomic mass is 9.86. The number of nitrogens with one attached hydrogen (secondary N) is 2. The van der Waals surface area contributed by atoms with Crippen molar-refractivity contribution in [2.45, 2.75) is 31.3 Å². The molecular formula is C20H25FN4O2. The first kappa shape index (κ1) is 18.1. The van der Waals surface area contributed by atoms with Crippen LogP contribution in [0.1, 0.15) is 25.0 Å². The molecule has 2 saturated heterocycles. The Bertz CT molecular complexity index is 928. The molecule has 27 heavy (non-hydrogen) atoms. The van der Waals surface area contributed by atoms with Crippen LogP contribution < -0.4 is 10.7 Å². The summed E-state index contributed by atoms with van der Waals surface area (Å²) in [5.41, 5.74) is 1.32. The van der Waals surface area contributed by atoms with Gasteiger partial charge in [0.05, 0.1) is 0 Å². The van der Waals surface area contributed by atoms with Crippen molar-refractivity contribution in [3.8, 4) is 0 Å². The van der Waals surface area contributed by atoms with E-state index < -0.39 is 5.82 Å². The van der Waals surface area contributed by atoms with E-state index in [-0.39, 0.29) is 16.9 Å². The maximum atomic E-state index is 13.4. The highest BCUT2D eigenvalue weighted by Gasteiger charge is 2.40.